The molecule has 0 aromatic heterocycles. The van der Waals surface area contributed by atoms with Gasteiger partial charge in [-0.1, -0.05) is 0 Å². The van der Waals surface area contributed by atoms with Crippen LogP contribution in [0, 0.1) is 0 Å². The molecular weight excluding hydrogens is 246 g/mol. The summed E-state index contributed by atoms with van der Waals surface area (Å²) >= 11 is 0. The fraction of sp³-hybridized carbons (Fsp3) is 0.286. The van der Waals surface area contributed by atoms with Crippen LogP contribution in [0.25, 0.3) is 0 Å². The summed E-state index contributed by atoms with van der Waals surface area (Å²) in [6.45, 7) is 1.25. The molecule has 0 aliphatic carbocycles. The van der Waals surface area contributed by atoms with Gasteiger partial charge in [-0.2, -0.15) is 0 Å². The first-order valence-electron chi connectivity index (χ1n) is 5.69. The van der Waals surface area contributed by atoms with E-state index in [9.17, 15) is 9.59 Å². The second-order valence-electron chi connectivity index (χ2n) is 4.11. The highest BCUT2D eigenvalue weighted by Crippen LogP contribution is 2.15. The molecule has 5 nitrogen and oxygen atoms in total. The number of carbonyl (C=O) groups excluding carboxylic acids is 2. The minimum Gasteiger partial charge on any atom is -0.497 e. The summed E-state index contributed by atoms with van der Waals surface area (Å²) in [5.74, 6) is -0.244. The third-order valence-corrected chi connectivity index (χ3v) is 2.21. The van der Waals surface area contributed by atoms with Crippen LogP contribution < -0.4 is 4.74 Å². The third kappa shape index (κ3) is 4.46. The Labute approximate surface area is 112 Å². The molecule has 1 aromatic rings. The Balaban J connectivity index is 3.01. The Morgan fingerprint density at radius 3 is 2.16 bits per heavy atom. The smallest absolute Gasteiger partial charge is 0.308 e. The molecule has 0 amide bonds. The van der Waals surface area contributed by atoms with Gasteiger partial charge in [-0.15, -0.1) is 0 Å². The number of esters is 1. The molecule has 0 heterocycles. The van der Waals surface area contributed by atoms with E-state index in [4.69, 9.17) is 9.47 Å². The Kier molecular flexibility index (Phi) is 5.11. The topological polar surface area (TPSA) is 55.8 Å². The SMILES string of the molecule is COc1ccc(C(=O)/C(=C/N(C)C)OC(C)=O)cc1. The summed E-state index contributed by atoms with van der Waals surface area (Å²) in [6.07, 6.45) is 1.47. The summed E-state index contributed by atoms with van der Waals surface area (Å²) in [4.78, 5) is 24.9. The zero-order valence-corrected chi connectivity index (χ0v) is 11.5. The fourth-order valence-corrected chi connectivity index (χ4v) is 1.41. The first-order chi connectivity index (χ1) is 8.93. The van der Waals surface area contributed by atoms with E-state index >= 15 is 0 Å². The fourth-order valence-electron chi connectivity index (χ4n) is 1.41. The summed E-state index contributed by atoms with van der Waals surface area (Å²) in [6, 6.07) is 6.59. The molecule has 0 radical (unpaired) electrons. The van der Waals surface area contributed by atoms with Crippen LogP contribution in [0.4, 0.5) is 0 Å². The Morgan fingerprint density at radius 2 is 1.74 bits per heavy atom. The normalized spacial score (nSPS) is 10.8. The molecule has 0 aliphatic heterocycles. The van der Waals surface area contributed by atoms with Crippen molar-refractivity contribution in [3.8, 4) is 5.75 Å². The molecular formula is C14H17NO4. The number of hydrogen-bond donors (Lipinski definition) is 0. The van der Waals surface area contributed by atoms with Crippen molar-refractivity contribution in [2.24, 2.45) is 0 Å². The molecule has 5 heteroatoms. The van der Waals surface area contributed by atoms with E-state index in [2.05, 4.69) is 0 Å². The minimum atomic E-state index is -0.532. The maximum atomic E-state index is 12.2. The molecule has 19 heavy (non-hydrogen) atoms. The van der Waals surface area contributed by atoms with Crippen LogP contribution in [0.1, 0.15) is 17.3 Å². The van der Waals surface area contributed by atoms with Gasteiger partial charge in [0.05, 0.1) is 7.11 Å². The predicted octanol–water partition coefficient (Wildman–Crippen LogP) is 1.84. The number of ether oxygens (including phenoxy) is 2. The Morgan fingerprint density at radius 1 is 1.16 bits per heavy atom. The van der Waals surface area contributed by atoms with Crippen molar-refractivity contribution in [1.82, 2.24) is 4.90 Å². The molecule has 0 bridgehead atoms. The van der Waals surface area contributed by atoms with E-state index in [0.29, 0.717) is 11.3 Å². The molecule has 0 saturated carbocycles. The van der Waals surface area contributed by atoms with Crippen LogP contribution in [0.5, 0.6) is 5.75 Å². The van der Waals surface area contributed by atoms with Gasteiger partial charge >= 0.3 is 5.97 Å². The van der Waals surface area contributed by atoms with Gasteiger partial charge in [0, 0.05) is 32.8 Å². The first-order valence-corrected chi connectivity index (χ1v) is 5.69. The second-order valence-corrected chi connectivity index (χ2v) is 4.11. The van der Waals surface area contributed by atoms with Gasteiger partial charge in [0.1, 0.15) is 5.75 Å². The molecule has 0 unspecified atom stereocenters. The number of Topliss-reactive ketones (excluding diaryl/α,β-unsaturated/α-hetero) is 1. The van der Waals surface area contributed by atoms with Crippen molar-refractivity contribution in [2.45, 2.75) is 6.92 Å². The highest BCUT2D eigenvalue weighted by molar-refractivity contribution is 6.08. The van der Waals surface area contributed by atoms with Gasteiger partial charge < -0.3 is 14.4 Å². The molecule has 0 saturated heterocycles. The number of rotatable bonds is 5. The maximum absolute atomic E-state index is 12.2. The molecule has 1 aromatic carbocycles. The molecule has 0 spiro atoms. The van der Waals surface area contributed by atoms with Crippen molar-refractivity contribution in [1.29, 1.82) is 0 Å². The number of ketones is 1. The van der Waals surface area contributed by atoms with Gasteiger partial charge in [0.25, 0.3) is 0 Å². The number of nitrogens with zero attached hydrogens (tertiary/aromatic N) is 1. The average Bonchev–Trinajstić information content (AvgIpc) is 2.36. The molecule has 0 fully saturated rings. The van der Waals surface area contributed by atoms with E-state index in [0.717, 1.165) is 0 Å². The van der Waals surface area contributed by atoms with Crippen molar-refractivity contribution in [3.05, 3.63) is 41.8 Å². The van der Waals surface area contributed by atoms with Crippen molar-refractivity contribution < 1.29 is 19.1 Å². The van der Waals surface area contributed by atoms with Crippen LogP contribution in [0.3, 0.4) is 0 Å². The quantitative estimate of drug-likeness (QED) is 0.351. The lowest BCUT2D eigenvalue weighted by Gasteiger charge is -2.11. The zero-order chi connectivity index (χ0) is 14.4. The number of allylic oxidation sites excluding steroid dienone is 1. The number of hydrogen-bond acceptors (Lipinski definition) is 5. The van der Waals surface area contributed by atoms with E-state index in [1.807, 2.05) is 0 Å². The van der Waals surface area contributed by atoms with E-state index in [1.165, 1.54) is 13.1 Å². The van der Waals surface area contributed by atoms with E-state index in [-0.39, 0.29) is 11.5 Å². The lowest BCUT2D eigenvalue weighted by atomic mass is 10.1. The molecule has 0 aliphatic rings. The molecule has 102 valence electrons. The molecule has 0 atom stereocenters. The Hall–Kier alpha value is -2.30. The van der Waals surface area contributed by atoms with Gasteiger partial charge in [0.2, 0.25) is 5.78 Å². The number of benzene rings is 1. The summed E-state index contributed by atoms with van der Waals surface area (Å²) in [7, 11) is 5.03. The van der Waals surface area contributed by atoms with E-state index in [1.54, 1.807) is 50.4 Å². The van der Waals surface area contributed by atoms with Crippen LogP contribution in [0.15, 0.2) is 36.2 Å². The first kappa shape index (κ1) is 14.8. The van der Waals surface area contributed by atoms with Gasteiger partial charge in [0.15, 0.2) is 5.76 Å². The highest BCUT2D eigenvalue weighted by atomic mass is 16.5. The van der Waals surface area contributed by atoms with Crippen LogP contribution in [0.2, 0.25) is 0 Å². The van der Waals surface area contributed by atoms with Crippen LogP contribution in [-0.4, -0.2) is 37.9 Å². The summed E-state index contributed by atoms with van der Waals surface area (Å²) in [5, 5.41) is 0. The standard InChI is InChI=1S/C14H17NO4/c1-10(16)19-13(9-15(2)3)14(17)11-5-7-12(18-4)8-6-11/h5-9H,1-4H3/b13-9-. The number of carbonyl (C=O) groups is 2. The van der Waals surface area contributed by atoms with E-state index < -0.39 is 5.97 Å². The Bertz CT molecular complexity index is 489. The highest BCUT2D eigenvalue weighted by Gasteiger charge is 2.16. The van der Waals surface area contributed by atoms with Crippen LogP contribution >= 0.6 is 0 Å². The number of methoxy groups -OCH3 is 1. The zero-order valence-electron chi connectivity index (χ0n) is 11.5. The lowest BCUT2D eigenvalue weighted by Crippen LogP contribution is -2.14. The molecule has 1 rings (SSSR count). The molecule has 0 N–H and O–H groups in total. The lowest BCUT2D eigenvalue weighted by molar-refractivity contribution is -0.136. The predicted molar refractivity (Wildman–Crippen MR) is 70.9 cm³/mol. The maximum Gasteiger partial charge on any atom is 0.308 e. The minimum absolute atomic E-state index is 0.0114. The second kappa shape index (κ2) is 6.58. The monoisotopic (exact) mass is 263 g/mol. The van der Waals surface area contributed by atoms with Gasteiger partial charge in [-0.25, -0.2) is 0 Å². The van der Waals surface area contributed by atoms with Crippen molar-refractivity contribution in [3.63, 3.8) is 0 Å². The van der Waals surface area contributed by atoms with Gasteiger partial charge in [-0.3, -0.25) is 9.59 Å². The van der Waals surface area contributed by atoms with Gasteiger partial charge in [-0.05, 0) is 24.3 Å². The van der Waals surface area contributed by atoms with Crippen LogP contribution in [-0.2, 0) is 9.53 Å². The third-order valence-electron chi connectivity index (χ3n) is 2.21. The largest absolute Gasteiger partial charge is 0.497 e. The summed E-state index contributed by atoms with van der Waals surface area (Å²) in [5.41, 5.74) is 0.426. The summed E-state index contributed by atoms with van der Waals surface area (Å²) < 4.78 is 9.95. The van der Waals surface area contributed by atoms with Crippen molar-refractivity contribution in [2.75, 3.05) is 21.2 Å². The average molecular weight is 263 g/mol. The van der Waals surface area contributed by atoms with Crippen molar-refractivity contribution >= 4 is 11.8 Å².